The van der Waals surface area contributed by atoms with Crippen LogP contribution >= 0.6 is 0 Å². The maximum atomic E-state index is 5.33. The van der Waals surface area contributed by atoms with E-state index in [-0.39, 0.29) is 0 Å². The molecule has 6 nitrogen and oxygen atoms in total. The van der Waals surface area contributed by atoms with E-state index < -0.39 is 0 Å². The van der Waals surface area contributed by atoms with E-state index in [9.17, 15) is 0 Å². The molecule has 0 bridgehead atoms. The van der Waals surface area contributed by atoms with Gasteiger partial charge in [0.05, 0.1) is 0 Å². The summed E-state index contributed by atoms with van der Waals surface area (Å²) in [6.45, 7) is 9.75. The van der Waals surface area contributed by atoms with Crippen molar-refractivity contribution in [3.05, 3.63) is 0 Å². The predicted octanol–water partition coefficient (Wildman–Crippen LogP) is 1.38. The average Bonchev–Trinajstić information content (AvgIpc) is 3.09. The number of nitrogens with zero attached hydrogens (tertiary/aromatic N) is 3. The van der Waals surface area contributed by atoms with Crippen LogP contribution in [0.1, 0.15) is 39.0 Å². The summed E-state index contributed by atoms with van der Waals surface area (Å²) >= 11 is 0. The Morgan fingerprint density at radius 1 is 1.16 bits per heavy atom. The number of hydrogen-bond acceptors (Lipinski definition) is 4. The van der Waals surface area contributed by atoms with Crippen LogP contribution < -0.4 is 10.6 Å². The van der Waals surface area contributed by atoms with Gasteiger partial charge >= 0.3 is 0 Å². The first-order chi connectivity index (χ1) is 12.1. The van der Waals surface area contributed by atoms with Gasteiger partial charge in [-0.25, -0.2) is 0 Å². The van der Waals surface area contributed by atoms with E-state index in [2.05, 4.69) is 39.4 Å². The van der Waals surface area contributed by atoms with Crippen molar-refractivity contribution in [2.45, 2.75) is 45.1 Å². The molecule has 2 N–H and O–H groups in total. The van der Waals surface area contributed by atoms with E-state index in [0.29, 0.717) is 11.5 Å². The van der Waals surface area contributed by atoms with Gasteiger partial charge in [0.25, 0.3) is 0 Å². The highest BCUT2D eigenvalue weighted by Gasteiger charge is 2.33. The van der Waals surface area contributed by atoms with Crippen molar-refractivity contribution in [2.75, 3.05) is 67.1 Å². The summed E-state index contributed by atoms with van der Waals surface area (Å²) in [5.74, 6) is 0.935. The molecule has 2 rings (SSSR count). The largest absolute Gasteiger partial charge is 0.385 e. The van der Waals surface area contributed by atoms with Gasteiger partial charge in [0, 0.05) is 66.1 Å². The second-order valence-electron chi connectivity index (χ2n) is 7.94. The Balaban J connectivity index is 1.74. The minimum absolute atomic E-state index is 0.386. The molecule has 1 aliphatic heterocycles. The zero-order chi connectivity index (χ0) is 18.1. The van der Waals surface area contributed by atoms with E-state index in [0.717, 1.165) is 45.2 Å². The van der Waals surface area contributed by atoms with Gasteiger partial charge in [-0.2, -0.15) is 0 Å². The molecule has 6 heteroatoms. The standard InChI is InChI=1S/C19H39N5O/c1-17(24-12-10-23(3)11-13-24)15-21-18(20-2)22-16-19(9-14-25-4)7-5-6-8-19/h17H,5-16H2,1-4H3,(H2,20,21,22). The third kappa shape index (κ3) is 6.42. The molecule has 0 aromatic rings. The molecule has 146 valence electrons. The summed E-state index contributed by atoms with van der Waals surface area (Å²) in [6, 6.07) is 0.529. The highest BCUT2D eigenvalue weighted by atomic mass is 16.5. The molecule has 25 heavy (non-hydrogen) atoms. The van der Waals surface area contributed by atoms with E-state index in [1.54, 1.807) is 7.11 Å². The SMILES string of the molecule is CN=C(NCC(C)N1CCN(C)CC1)NCC1(CCOC)CCCC1. The molecule has 2 fully saturated rings. The highest BCUT2D eigenvalue weighted by molar-refractivity contribution is 5.79. The molecule has 1 aliphatic carbocycles. The Hall–Kier alpha value is -0.850. The molecular formula is C19H39N5O. The van der Waals surface area contributed by atoms with Gasteiger partial charge in [-0.3, -0.25) is 9.89 Å². The Kier molecular flexibility index (Phi) is 8.46. The van der Waals surface area contributed by atoms with Crippen molar-refractivity contribution >= 4 is 5.96 Å². The van der Waals surface area contributed by atoms with Crippen LogP contribution in [0.25, 0.3) is 0 Å². The zero-order valence-corrected chi connectivity index (χ0v) is 16.8. The molecule has 1 saturated heterocycles. The molecule has 2 aliphatic rings. The van der Waals surface area contributed by atoms with Crippen molar-refractivity contribution in [3.8, 4) is 0 Å². The van der Waals surface area contributed by atoms with Crippen molar-refractivity contribution in [2.24, 2.45) is 10.4 Å². The summed E-state index contributed by atoms with van der Waals surface area (Å²) < 4.78 is 5.33. The van der Waals surface area contributed by atoms with Crippen LogP contribution in [0.15, 0.2) is 4.99 Å². The van der Waals surface area contributed by atoms with E-state index in [4.69, 9.17) is 4.74 Å². The topological polar surface area (TPSA) is 52.1 Å². The van der Waals surface area contributed by atoms with Crippen LogP contribution in [-0.4, -0.2) is 88.9 Å². The number of methoxy groups -OCH3 is 1. The third-order valence-corrected chi connectivity index (χ3v) is 6.08. The lowest BCUT2D eigenvalue weighted by Crippen LogP contribution is -2.52. The average molecular weight is 354 g/mol. The van der Waals surface area contributed by atoms with Crippen LogP contribution in [-0.2, 0) is 4.74 Å². The van der Waals surface area contributed by atoms with Gasteiger partial charge in [0.1, 0.15) is 0 Å². The van der Waals surface area contributed by atoms with Crippen LogP contribution in [0.5, 0.6) is 0 Å². The fourth-order valence-corrected chi connectivity index (χ4v) is 4.09. The smallest absolute Gasteiger partial charge is 0.191 e. The van der Waals surface area contributed by atoms with Crippen molar-refractivity contribution < 1.29 is 4.74 Å². The summed E-state index contributed by atoms with van der Waals surface area (Å²) in [7, 11) is 5.87. The first kappa shape index (κ1) is 20.5. The second-order valence-corrected chi connectivity index (χ2v) is 7.94. The number of piperazine rings is 1. The summed E-state index contributed by atoms with van der Waals surface area (Å²) in [4.78, 5) is 9.39. The lowest BCUT2D eigenvalue weighted by Gasteiger charge is -2.36. The van der Waals surface area contributed by atoms with Gasteiger partial charge in [-0.1, -0.05) is 12.8 Å². The number of hydrogen-bond donors (Lipinski definition) is 2. The van der Waals surface area contributed by atoms with Crippen molar-refractivity contribution in [1.82, 2.24) is 20.4 Å². The maximum absolute atomic E-state index is 5.33. The molecule has 0 radical (unpaired) electrons. The molecule has 0 spiro atoms. The third-order valence-electron chi connectivity index (χ3n) is 6.08. The molecule has 0 amide bonds. The van der Waals surface area contributed by atoms with Crippen molar-refractivity contribution in [1.29, 1.82) is 0 Å². The fraction of sp³-hybridized carbons (Fsp3) is 0.947. The number of likely N-dealkylation sites (N-methyl/N-ethyl adjacent to an activating group) is 1. The summed E-state index contributed by atoms with van der Waals surface area (Å²) in [5, 5.41) is 7.11. The molecule has 1 saturated carbocycles. The first-order valence-electron chi connectivity index (χ1n) is 9.94. The lowest BCUT2D eigenvalue weighted by atomic mass is 9.83. The molecule has 0 aromatic heterocycles. The van der Waals surface area contributed by atoms with E-state index in [1.165, 1.54) is 38.8 Å². The molecule has 1 atom stereocenters. The zero-order valence-electron chi connectivity index (χ0n) is 16.8. The van der Waals surface area contributed by atoms with Crippen molar-refractivity contribution in [3.63, 3.8) is 0 Å². The van der Waals surface area contributed by atoms with Crippen LogP contribution in [0.4, 0.5) is 0 Å². The molecular weight excluding hydrogens is 314 g/mol. The van der Waals surface area contributed by atoms with Gasteiger partial charge in [0.15, 0.2) is 5.96 Å². The normalized spacial score (nSPS) is 23.6. The Morgan fingerprint density at radius 2 is 1.84 bits per heavy atom. The van der Waals surface area contributed by atoms with Crippen LogP contribution in [0.3, 0.4) is 0 Å². The van der Waals surface area contributed by atoms with Gasteiger partial charge < -0.3 is 20.3 Å². The Bertz CT molecular complexity index is 401. The number of rotatable bonds is 8. The Labute approximate surface area is 154 Å². The number of nitrogens with one attached hydrogen (secondary N) is 2. The number of ether oxygens (including phenoxy) is 1. The van der Waals surface area contributed by atoms with Gasteiger partial charge in [0.2, 0.25) is 0 Å². The minimum Gasteiger partial charge on any atom is -0.385 e. The first-order valence-corrected chi connectivity index (χ1v) is 9.94. The molecule has 0 aromatic carbocycles. The predicted molar refractivity (Wildman–Crippen MR) is 105 cm³/mol. The highest BCUT2D eigenvalue weighted by Crippen LogP contribution is 2.40. The molecule has 1 heterocycles. The lowest BCUT2D eigenvalue weighted by molar-refractivity contribution is 0.119. The number of aliphatic imine (C=N–C) groups is 1. The summed E-state index contributed by atoms with van der Waals surface area (Å²) in [6.07, 6.45) is 6.44. The van der Waals surface area contributed by atoms with Gasteiger partial charge in [-0.15, -0.1) is 0 Å². The second kappa shape index (κ2) is 10.3. The van der Waals surface area contributed by atoms with E-state index in [1.807, 2.05) is 7.05 Å². The quantitative estimate of drug-likeness (QED) is 0.510. The van der Waals surface area contributed by atoms with Crippen LogP contribution in [0, 0.1) is 5.41 Å². The van der Waals surface area contributed by atoms with E-state index >= 15 is 0 Å². The maximum Gasteiger partial charge on any atom is 0.191 e. The molecule has 1 unspecified atom stereocenters. The minimum atomic E-state index is 0.386. The van der Waals surface area contributed by atoms with Crippen LogP contribution in [0.2, 0.25) is 0 Å². The van der Waals surface area contributed by atoms with Gasteiger partial charge in [-0.05, 0) is 38.6 Å². The Morgan fingerprint density at radius 3 is 2.44 bits per heavy atom. The monoisotopic (exact) mass is 353 g/mol. The fourth-order valence-electron chi connectivity index (χ4n) is 4.09. The number of guanidine groups is 1. The summed E-state index contributed by atoms with van der Waals surface area (Å²) in [5.41, 5.74) is 0.386.